The van der Waals surface area contributed by atoms with E-state index in [0.717, 1.165) is 12.1 Å². The number of nitro benzene ring substituents is 2. The smallest absolute Gasteiger partial charge is 0.304 e. The highest BCUT2D eigenvalue weighted by Crippen LogP contribution is 2.29. The molecule has 0 fully saturated rings. The minimum absolute atomic E-state index is 0.00657. The normalized spacial score (nSPS) is 10.9. The van der Waals surface area contributed by atoms with Crippen LogP contribution in [0.3, 0.4) is 0 Å². The molecule has 0 bridgehead atoms. The summed E-state index contributed by atoms with van der Waals surface area (Å²) in [7, 11) is 3.33. The molecule has 2 aromatic rings. The van der Waals surface area contributed by atoms with E-state index in [1.165, 1.54) is 19.4 Å². The van der Waals surface area contributed by atoms with Crippen molar-refractivity contribution in [2.45, 2.75) is 12.8 Å². The van der Waals surface area contributed by atoms with Crippen LogP contribution in [0.1, 0.15) is 18.4 Å². The number of carboxylic acid groups (broad SMARTS) is 1. The Labute approximate surface area is 194 Å². The van der Waals surface area contributed by atoms with Crippen LogP contribution in [0.25, 0.3) is 0 Å². The first-order valence-electron chi connectivity index (χ1n) is 10.1. The van der Waals surface area contributed by atoms with Crippen molar-refractivity contribution in [2.24, 2.45) is 5.10 Å². The van der Waals surface area contributed by atoms with Crippen LogP contribution in [0, 0.1) is 20.2 Å². The number of carbonyl (C=O) groups is 1. The van der Waals surface area contributed by atoms with Crippen LogP contribution < -0.4 is 14.9 Å². The number of non-ortho nitro benzene ring substituents is 1. The predicted molar refractivity (Wildman–Crippen MR) is 124 cm³/mol. The summed E-state index contributed by atoms with van der Waals surface area (Å²) in [6.07, 6.45) is 2.19. The average Bonchev–Trinajstić information content (AvgIpc) is 2.80. The summed E-state index contributed by atoms with van der Waals surface area (Å²) in [5.74, 6) is 0.147. The Kier molecular flexibility index (Phi) is 9.71. The van der Waals surface area contributed by atoms with Crippen molar-refractivity contribution in [1.29, 1.82) is 0 Å². The Hall–Kier alpha value is -4.26. The van der Waals surface area contributed by atoms with Crippen molar-refractivity contribution in [3.8, 4) is 11.5 Å². The maximum atomic E-state index is 11.2. The molecule has 13 heteroatoms. The van der Waals surface area contributed by atoms with Gasteiger partial charge in [-0.3, -0.25) is 30.4 Å². The highest BCUT2D eigenvalue weighted by Gasteiger charge is 2.19. The summed E-state index contributed by atoms with van der Waals surface area (Å²) >= 11 is 0. The van der Waals surface area contributed by atoms with Crippen LogP contribution in [0.2, 0.25) is 0 Å². The number of nitro groups is 2. The zero-order chi connectivity index (χ0) is 25.1. The van der Waals surface area contributed by atoms with Gasteiger partial charge < -0.3 is 19.5 Å². The zero-order valence-corrected chi connectivity index (χ0v) is 18.7. The summed E-state index contributed by atoms with van der Waals surface area (Å²) in [5.41, 5.74) is 2.28. The minimum atomic E-state index is -0.836. The maximum Gasteiger partial charge on any atom is 0.304 e. The fourth-order valence-electron chi connectivity index (χ4n) is 2.85. The second kappa shape index (κ2) is 12.7. The molecule has 2 N–H and O–H groups in total. The lowest BCUT2D eigenvalue weighted by Crippen LogP contribution is -2.24. The molecule has 0 radical (unpaired) electrons. The Morgan fingerprint density at radius 1 is 1.15 bits per heavy atom. The molecule has 0 aliphatic heterocycles. The molecule has 0 atom stereocenters. The standard InChI is InChI=1S/C21H25N5O8/c1-24(10-8-21(27)28)9-3-11-34-19-7-4-15(12-20(19)33-2)14-22-23-17-6-5-16(25(29)30)13-18(17)26(31)32/h4-7,12-14,23H,3,8-11H2,1-2H3,(H,27,28)/b22-14-. The van der Waals surface area contributed by atoms with E-state index < -0.39 is 27.2 Å². The van der Waals surface area contributed by atoms with E-state index in [1.54, 1.807) is 18.2 Å². The van der Waals surface area contributed by atoms with Gasteiger partial charge in [0, 0.05) is 19.2 Å². The van der Waals surface area contributed by atoms with Crippen molar-refractivity contribution in [2.75, 3.05) is 39.3 Å². The van der Waals surface area contributed by atoms with E-state index in [9.17, 15) is 25.0 Å². The lowest BCUT2D eigenvalue weighted by molar-refractivity contribution is -0.393. The number of methoxy groups -OCH3 is 1. The van der Waals surface area contributed by atoms with Gasteiger partial charge in [-0.2, -0.15) is 5.10 Å². The Morgan fingerprint density at radius 2 is 1.91 bits per heavy atom. The Morgan fingerprint density at radius 3 is 2.56 bits per heavy atom. The molecule has 0 aliphatic rings. The van der Waals surface area contributed by atoms with Gasteiger partial charge in [0.05, 0.1) is 42.3 Å². The predicted octanol–water partition coefficient (Wildman–Crippen LogP) is 3.13. The number of nitrogens with one attached hydrogen (secondary N) is 1. The number of carboxylic acids is 1. The van der Waals surface area contributed by atoms with E-state index >= 15 is 0 Å². The van der Waals surface area contributed by atoms with Crippen LogP contribution in [0.5, 0.6) is 11.5 Å². The molecule has 2 aromatic carbocycles. The Bertz CT molecular complexity index is 1060. The second-order valence-corrected chi connectivity index (χ2v) is 7.15. The van der Waals surface area contributed by atoms with E-state index in [0.29, 0.717) is 43.2 Å². The van der Waals surface area contributed by atoms with Gasteiger partial charge in [-0.25, -0.2) is 0 Å². The maximum absolute atomic E-state index is 11.2. The molecule has 0 aliphatic carbocycles. The van der Waals surface area contributed by atoms with Crippen LogP contribution in [0.15, 0.2) is 41.5 Å². The van der Waals surface area contributed by atoms with Crippen LogP contribution in [0.4, 0.5) is 17.1 Å². The quantitative estimate of drug-likeness (QED) is 0.179. The molecule has 0 amide bonds. The second-order valence-electron chi connectivity index (χ2n) is 7.15. The molecule has 0 spiro atoms. The topological polar surface area (TPSA) is 170 Å². The first-order valence-corrected chi connectivity index (χ1v) is 10.1. The van der Waals surface area contributed by atoms with Crippen LogP contribution >= 0.6 is 0 Å². The van der Waals surface area contributed by atoms with E-state index in [2.05, 4.69) is 10.5 Å². The molecule has 0 unspecified atom stereocenters. The third kappa shape index (κ3) is 8.02. The first-order chi connectivity index (χ1) is 16.2. The molecule has 0 saturated carbocycles. The monoisotopic (exact) mass is 475 g/mol. The number of hydrazone groups is 1. The molecule has 182 valence electrons. The highest BCUT2D eigenvalue weighted by atomic mass is 16.6. The van der Waals surface area contributed by atoms with E-state index in [4.69, 9.17) is 14.6 Å². The van der Waals surface area contributed by atoms with Crippen molar-refractivity contribution < 1.29 is 29.2 Å². The number of aliphatic carboxylic acids is 1. The number of anilines is 1. The molecule has 0 saturated heterocycles. The number of rotatable bonds is 14. The molecule has 13 nitrogen and oxygen atoms in total. The molecular weight excluding hydrogens is 450 g/mol. The largest absolute Gasteiger partial charge is 0.493 e. The SMILES string of the molecule is COc1cc(/C=N\Nc2ccc([N+](=O)[O-])cc2[N+](=O)[O-])ccc1OCCCN(C)CCC(=O)O. The fourth-order valence-corrected chi connectivity index (χ4v) is 2.85. The van der Waals surface area contributed by atoms with Gasteiger partial charge in [0.15, 0.2) is 11.5 Å². The van der Waals surface area contributed by atoms with Crippen LogP contribution in [-0.2, 0) is 4.79 Å². The van der Waals surface area contributed by atoms with Gasteiger partial charge in [-0.15, -0.1) is 0 Å². The van der Waals surface area contributed by atoms with Gasteiger partial charge in [0.1, 0.15) is 5.69 Å². The average molecular weight is 475 g/mol. The van der Waals surface area contributed by atoms with Gasteiger partial charge in [0.2, 0.25) is 0 Å². The summed E-state index contributed by atoms with van der Waals surface area (Å²) in [6, 6.07) is 8.30. The lowest BCUT2D eigenvalue weighted by atomic mass is 10.2. The lowest BCUT2D eigenvalue weighted by Gasteiger charge is -2.16. The number of hydrogen-bond donors (Lipinski definition) is 2. The molecule has 0 heterocycles. The van der Waals surface area contributed by atoms with E-state index in [-0.39, 0.29) is 12.1 Å². The summed E-state index contributed by atoms with van der Waals surface area (Å²) in [4.78, 5) is 33.1. The van der Waals surface area contributed by atoms with Crippen LogP contribution in [-0.4, -0.2) is 65.9 Å². The van der Waals surface area contributed by atoms with Crippen molar-refractivity contribution >= 4 is 29.2 Å². The first kappa shape index (κ1) is 26.0. The minimum Gasteiger partial charge on any atom is -0.493 e. The van der Waals surface area contributed by atoms with Crippen molar-refractivity contribution in [3.05, 3.63) is 62.2 Å². The molecule has 2 rings (SSSR count). The summed E-state index contributed by atoms with van der Waals surface area (Å²) in [6.45, 7) is 1.55. The number of benzene rings is 2. The number of hydrogen-bond acceptors (Lipinski definition) is 10. The highest BCUT2D eigenvalue weighted by molar-refractivity contribution is 5.82. The zero-order valence-electron chi connectivity index (χ0n) is 18.7. The third-order valence-electron chi connectivity index (χ3n) is 4.62. The van der Waals surface area contributed by atoms with Gasteiger partial charge >= 0.3 is 11.7 Å². The summed E-state index contributed by atoms with van der Waals surface area (Å²) in [5, 5.41) is 34.7. The summed E-state index contributed by atoms with van der Waals surface area (Å²) < 4.78 is 11.1. The van der Waals surface area contributed by atoms with Crippen molar-refractivity contribution in [1.82, 2.24) is 4.90 Å². The van der Waals surface area contributed by atoms with Gasteiger partial charge in [0.25, 0.3) is 5.69 Å². The number of ether oxygens (including phenoxy) is 2. The molecule has 34 heavy (non-hydrogen) atoms. The Balaban J connectivity index is 1.96. The fraction of sp³-hybridized carbons (Fsp3) is 0.333. The van der Waals surface area contributed by atoms with Crippen molar-refractivity contribution in [3.63, 3.8) is 0 Å². The van der Waals surface area contributed by atoms with E-state index in [1.807, 2.05) is 11.9 Å². The number of nitrogens with zero attached hydrogens (tertiary/aromatic N) is 4. The molecule has 0 aromatic heterocycles. The van der Waals surface area contributed by atoms with Gasteiger partial charge in [-0.05, 0) is 43.3 Å². The third-order valence-corrected chi connectivity index (χ3v) is 4.62. The molecular formula is C21H25N5O8. The van der Waals surface area contributed by atoms with Gasteiger partial charge in [-0.1, -0.05) is 0 Å².